The number of nitrogens with zero attached hydrogens (tertiary/aromatic N) is 2. The third kappa shape index (κ3) is 4.96. The van der Waals surface area contributed by atoms with Crippen LogP contribution in [0.1, 0.15) is 43.9 Å². The number of esters is 1. The number of benzene rings is 2. The lowest BCUT2D eigenvalue weighted by atomic mass is 9.93. The molecule has 0 fully saturated rings. The Bertz CT molecular complexity index is 1490. The fraction of sp³-hybridized carbons (Fsp3) is 0.296. The molecule has 0 saturated heterocycles. The number of hydrogen-bond acceptors (Lipinski definition) is 7. The standard InChI is InChI=1S/C27H27ClN2O5S/c1-5-7-20-23(26(32)35-6-2)24(19-15-17(28)10-13-21(19)34-4)30-25(31)22(36-27(30)29-20)14-16-8-11-18(33-3)12-9-16/h8-15,24H,5-7H2,1-4H3/b22-14+/t24-/m0/s1. The fourth-order valence-electron chi connectivity index (χ4n) is 4.19. The zero-order valence-corrected chi connectivity index (χ0v) is 22.1. The molecule has 0 N–H and O–H groups in total. The highest BCUT2D eigenvalue weighted by Gasteiger charge is 2.36. The van der Waals surface area contributed by atoms with Gasteiger partial charge in [0.15, 0.2) is 4.80 Å². The molecule has 3 aromatic rings. The molecule has 0 aliphatic carbocycles. The average Bonchev–Trinajstić information content (AvgIpc) is 3.18. The van der Waals surface area contributed by atoms with Gasteiger partial charge in [0.1, 0.15) is 17.5 Å². The van der Waals surface area contributed by atoms with Gasteiger partial charge in [-0.15, -0.1) is 0 Å². The van der Waals surface area contributed by atoms with Crippen LogP contribution in [-0.4, -0.2) is 31.4 Å². The summed E-state index contributed by atoms with van der Waals surface area (Å²) in [5.41, 5.74) is 2.09. The van der Waals surface area contributed by atoms with Gasteiger partial charge >= 0.3 is 5.97 Å². The molecule has 1 atom stereocenters. The highest BCUT2D eigenvalue weighted by molar-refractivity contribution is 7.07. The topological polar surface area (TPSA) is 79.1 Å². The summed E-state index contributed by atoms with van der Waals surface area (Å²) in [7, 11) is 3.15. The van der Waals surface area contributed by atoms with Crippen LogP contribution in [0.2, 0.25) is 5.02 Å². The van der Waals surface area contributed by atoms with Gasteiger partial charge in [0, 0.05) is 10.6 Å². The summed E-state index contributed by atoms with van der Waals surface area (Å²) in [6.07, 6.45) is 3.13. The summed E-state index contributed by atoms with van der Waals surface area (Å²) in [5.74, 6) is 0.722. The average molecular weight is 527 g/mol. The smallest absolute Gasteiger partial charge is 0.338 e. The number of ether oxygens (including phenoxy) is 3. The highest BCUT2D eigenvalue weighted by atomic mass is 35.5. The molecule has 0 amide bonds. The van der Waals surface area contributed by atoms with Gasteiger partial charge in [-0.1, -0.05) is 48.4 Å². The van der Waals surface area contributed by atoms with E-state index in [1.54, 1.807) is 43.9 Å². The summed E-state index contributed by atoms with van der Waals surface area (Å²) in [6, 6.07) is 11.8. The molecule has 9 heteroatoms. The summed E-state index contributed by atoms with van der Waals surface area (Å²) >= 11 is 7.65. The third-order valence-electron chi connectivity index (χ3n) is 5.79. The Labute approximate surface area is 217 Å². The molecular formula is C27H27ClN2O5S. The number of halogens is 1. The normalized spacial score (nSPS) is 15.4. The molecule has 1 aliphatic rings. The van der Waals surface area contributed by atoms with E-state index in [2.05, 4.69) is 0 Å². The van der Waals surface area contributed by atoms with Crippen molar-refractivity contribution >= 4 is 35.0 Å². The van der Waals surface area contributed by atoms with Crippen molar-refractivity contribution in [3.05, 3.63) is 89.6 Å². The lowest BCUT2D eigenvalue weighted by Gasteiger charge is -2.27. The van der Waals surface area contributed by atoms with Crippen LogP contribution in [0.5, 0.6) is 11.5 Å². The Morgan fingerprint density at radius 3 is 2.53 bits per heavy atom. The van der Waals surface area contributed by atoms with Crippen molar-refractivity contribution in [2.75, 3.05) is 20.8 Å². The maximum atomic E-state index is 13.8. The van der Waals surface area contributed by atoms with Gasteiger partial charge in [-0.05, 0) is 55.3 Å². The third-order valence-corrected chi connectivity index (χ3v) is 7.01. The van der Waals surface area contributed by atoms with E-state index in [0.29, 0.717) is 43.4 Å². The fourth-order valence-corrected chi connectivity index (χ4v) is 5.39. The molecule has 2 heterocycles. The Morgan fingerprint density at radius 1 is 1.14 bits per heavy atom. The maximum absolute atomic E-state index is 13.8. The van der Waals surface area contributed by atoms with Crippen LogP contribution in [-0.2, 0) is 9.53 Å². The monoisotopic (exact) mass is 526 g/mol. The van der Waals surface area contributed by atoms with Crippen LogP contribution in [0.4, 0.5) is 0 Å². The molecule has 0 bridgehead atoms. The predicted molar refractivity (Wildman–Crippen MR) is 141 cm³/mol. The zero-order chi connectivity index (χ0) is 25.8. The summed E-state index contributed by atoms with van der Waals surface area (Å²) in [5, 5.41) is 0.461. The zero-order valence-electron chi connectivity index (χ0n) is 20.5. The van der Waals surface area contributed by atoms with Crippen LogP contribution in [0.15, 0.2) is 63.5 Å². The van der Waals surface area contributed by atoms with Gasteiger partial charge in [-0.3, -0.25) is 9.36 Å². The molecule has 0 spiro atoms. The highest BCUT2D eigenvalue weighted by Crippen LogP contribution is 2.38. The molecule has 36 heavy (non-hydrogen) atoms. The van der Waals surface area contributed by atoms with Crippen LogP contribution in [0.3, 0.4) is 0 Å². The summed E-state index contributed by atoms with van der Waals surface area (Å²) in [6.45, 7) is 3.96. The van der Waals surface area contributed by atoms with E-state index in [4.69, 9.17) is 30.8 Å². The van der Waals surface area contributed by atoms with E-state index in [1.807, 2.05) is 37.3 Å². The molecule has 0 radical (unpaired) electrons. The Hall–Kier alpha value is -3.36. The van der Waals surface area contributed by atoms with Crippen molar-refractivity contribution in [1.29, 1.82) is 0 Å². The number of hydrogen-bond donors (Lipinski definition) is 0. The Morgan fingerprint density at radius 2 is 1.89 bits per heavy atom. The lowest BCUT2D eigenvalue weighted by molar-refractivity contribution is -0.139. The maximum Gasteiger partial charge on any atom is 0.338 e. The predicted octanol–water partition coefficient (Wildman–Crippen LogP) is 4.25. The lowest BCUT2D eigenvalue weighted by Crippen LogP contribution is -2.40. The van der Waals surface area contributed by atoms with Crippen molar-refractivity contribution in [3.63, 3.8) is 0 Å². The van der Waals surface area contributed by atoms with Crippen molar-refractivity contribution in [3.8, 4) is 11.5 Å². The molecule has 1 aliphatic heterocycles. The van der Waals surface area contributed by atoms with Gasteiger partial charge in [0.25, 0.3) is 5.56 Å². The van der Waals surface area contributed by atoms with E-state index in [1.165, 1.54) is 11.3 Å². The number of allylic oxidation sites excluding steroid dienone is 1. The molecule has 4 rings (SSSR count). The summed E-state index contributed by atoms with van der Waals surface area (Å²) in [4.78, 5) is 32.4. The quantitative estimate of drug-likeness (QED) is 0.410. The number of aromatic nitrogens is 1. The first-order chi connectivity index (χ1) is 17.4. The van der Waals surface area contributed by atoms with Crippen LogP contribution in [0.25, 0.3) is 6.08 Å². The number of rotatable bonds is 8. The number of thiazole rings is 1. The molecular weight excluding hydrogens is 500 g/mol. The molecule has 1 aromatic heterocycles. The van der Waals surface area contributed by atoms with Crippen LogP contribution < -0.4 is 24.4 Å². The first-order valence-electron chi connectivity index (χ1n) is 11.6. The van der Waals surface area contributed by atoms with Gasteiger partial charge in [-0.25, -0.2) is 9.79 Å². The van der Waals surface area contributed by atoms with E-state index >= 15 is 0 Å². The number of methoxy groups -OCH3 is 2. The van der Waals surface area contributed by atoms with E-state index in [9.17, 15) is 9.59 Å². The van der Waals surface area contributed by atoms with Crippen molar-refractivity contribution in [1.82, 2.24) is 4.57 Å². The second-order valence-electron chi connectivity index (χ2n) is 8.07. The first-order valence-corrected chi connectivity index (χ1v) is 12.8. The van der Waals surface area contributed by atoms with E-state index in [-0.39, 0.29) is 12.2 Å². The Kier molecular flexibility index (Phi) is 7.96. The Balaban J connectivity index is 2.02. The van der Waals surface area contributed by atoms with Crippen molar-refractivity contribution in [2.24, 2.45) is 4.99 Å². The van der Waals surface area contributed by atoms with Gasteiger partial charge in [0.05, 0.1) is 36.6 Å². The summed E-state index contributed by atoms with van der Waals surface area (Å²) < 4.78 is 18.3. The number of carbonyl (C=O) groups excluding carboxylic acids is 1. The van der Waals surface area contributed by atoms with Crippen molar-refractivity contribution < 1.29 is 19.0 Å². The second kappa shape index (κ2) is 11.1. The minimum Gasteiger partial charge on any atom is -0.497 e. The number of fused-ring (bicyclic) bond motifs is 1. The van der Waals surface area contributed by atoms with E-state index < -0.39 is 12.0 Å². The molecule has 7 nitrogen and oxygen atoms in total. The second-order valence-corrected chi connectivity index (χ2v) is 9.52. The molecule has 0 saturated carbocycles. The minimum absolute atomic E-state index is 0.197. The van der Waals surface area contributed by atoms with Gasteiger partial charge < -0.3 is 14.2 Å². The van der Waals surface area contributed by atoms with Crippen LogP contribution in [0, 0.1) is 0 Å². The minimum atomic E-state index is -0.798. The largest absolute Gasteiger partial charge is 0.497 e. The molecule has 0 unspecified atom stereocenters. The van der Waals surface area contributed by atoms with Gasteiger partial charge in [-0.2, -0.15) is 0 Å². The number of carbonyl (C=O) groups is 1. The van der Waals surface area contributed by atoms with Gasteiger partial charge in [0.2, 0.25) is 0 Å². The van der Waals surface area contributed by atoms with Crippen molar-refractivity contribution in [2.45, 2.75) is 32.7 Å². The molecule has 188 valence electrons. The SMILES string of the molecule is CCCC1=C(C(=O)OCC)[C@H](c2cc(Cl)ccc2OC)n2c(s/c(=C/c3ccc(OC)cc3)c2=O)=N1. The first kappa shape index (κ1) is 25.7. The van der Waals surface area contributed by atoms with E-state index in [0.717, 1.165) is 17.7 Å². The molecule has 2 aromatic carbocycles. The van der Waals surface area contributed by atoms with Crippen LogP contribution >= 0.6 is 22.9 Å².